The van der Waals surface area contributed by atoms with Crippen molar-refractivity contribution in [3.63, 3.8) is 0 Å². The molecule has 7 nitrogen and oxygen atoms in total. The third-order valence-electron chi connectivity index (χ3n) is 2.71. The molecule has 0 aromatic carbocycles. The van der Waals surface area contributed by atoms with Gasteiger partial charge in [-0.1, -0.05) is 6.92 Å². The van der Waals surface area contributed by atoms with Crippen LogP contribution in [0.15, 0.2) is 28.2 Å². The van der Waals surface area contributed by atoms with E-state index in [1.54, 1.807) is 11.7 Å². The van der Waals surface area contributed by atoms with E-state index < -0.39 is 0 Å². The van der Waals surface area contributed by atoms with E-state index >= 15 is 0 Å². The molecule has 2 aromatic rings. The Bertz CT molecular complexity index is 652. The minimum atomic E-state index is -0.324. The summed E-state index contributed by atoms with van der Waals surface area (Å²) in [6.07, 6.45) is 3.76. The van der Waals surface area contributed by atoms with Crippen LogP contribution in [-0.2, 0) is 20.1 Å². The fourth-order valence-electron chi connectivity index (χ4n) is 1.72. The number of hydrogen-bond acceptors (Lipinski definition) is 4. The maximum Gasteiger partial charge on any atom is 0.331 e. The summed E-state index contributed by atoms with van der Waals surface area (Å²) in [4.78, 5) is 27.8. The Labute approximate surface area is 103 Å². The molecule has 0 radical (unpaired) electrons. The van der Waals surface area contributed by atoms with Crippen LogP contribution in [0.4, 0.5) is 0 Å². The molecule has 0 amide bonds. The Morgan fingerprint density at radius 2 is 2.11 bits per heavy atom. The Kier molecular flexibility index (Phi) is 3.40. The monoisotopic (exact) mass is 249 g/mol. The van der Waals surface area contributed by atoms with Gasteiger partial charge in [0.2, 0.25) is 0 Å². The van der Waals surface area contributed by atoms with Crippen LogP contribution < -0.4 is 11.2 Å². The summed E-state index contributed by atoms with van der Waals surface area (Å²) < 4.78 is 4.24. The lowest BCUT2D eigenvalue weighted by Crippen LogP contribution is -2.39. The summed E-state index contributed by atoms with van der Waals surface area (Å²) in [6.45, 7) is 2.71. The molecule has 18 heavy (non-hydrogen) atoms. The molecular weight excluding hydrogens is 234 g/mol. The highest BCUT2D eigenvalue weighted by molar-refractivity contribution is 4.92. The molecule has 96 valence electrons. The molecule has 0 aliphatic carbocycles. The molecule has 0 unspecified atom stereocenters. The molecule has 0 aliphatic heterocycles. The molecule has 0 N–H and O–H groups in total. The third-order valence-corrected chi connectivity index (χ3v) is 2.71. The van der Waals surface area contributed by atoms with Crippen molar-refractivity contribution in [1.29, 1.82) is 0 Å². The zero-order chi connectivity index (χ0) is 13.1. The lowest BCUT2D eigenvalue weighted by molar-refractivity contribution is 0.550. The number of rotatable bonds is 4. The Hall–Kier alpha value is -2.18. The minimum Gasteiger partial charge on any atom is -0.300 e. The Morgan fingerprint density at radius 1 is 1.33 bits per heavy atom. The maximum atomic E-state index is 12.1. The van der Waals surface area contributed by atoms with Gasteiger partial charge in [0, 0.05) is 25.9 Å². The van der Waals surface area contributed by atoms with E-state index in [0.717, 1.165) is 6.42 Å². The van der Waals surface area contributed by atoms with E-state index in [4.69, 9.17) is 0 Å². The first-order chi connectivity index (χ1) is 8.63. The van der Waals surface area contributed by atoms with Crippen molar-refractivity contribution in [2.75, 3.05) is 0 Å². The molecule has 2 aromatic heterocycles. The van der Waals surface area contributed by atoms with Gasteiger partial charge in [-0.3, -0.25) is 14.0 Å². The van der Waals surface area contributed by atoms with Crippen LogP contribution in [0.2, 0.25) is 0 Å². The van der Waals surface area contributed by atoms with Gasteiger partial charge in [0.15, 0.2) is 0 Å². The van der Waals surface area contributed by atoms with E-state index in [1.165, 1.54) is 27.7 Å². The zero-order valence-corrected chi connectivity index (χ0v) is 10.4. The molecule has 0 saturated heterocycles. The second kappa shape index (κ2) is 4.99. The molecule has 7 heteroatoms. The van der Waals surface area contributed by atoms with Gasteiger partial charge in [0.1, 0.15) is 12.2 Å². The standard InChI is InChI=1S/C11H15N5O2/c1-3-5-15-6-4-10(17)16(11(15)18)7-9-12-8-13-14(9)2/h4,6,8H,3,5,7H2,1-2H3. The van der Waals surface area contributed by atoms with Gasteiger partial charge >= 0.3 is 5.69 Å². The van der Waals surface area contributed by atoms with Gasteiger partial charge in [-0.05, 0) is 6.42 Å². The predicted octanol–water partition coefficient (Wildman–Crippen LogP) is -0.403. The summed E-state index contributed by atoms with van der Waals surface area (Å²) in [5.74, 6) is 0.573. The number of nitrogens with zero attached hydrogens (tertiary/aromatic N) is 5. The van der Waals surface area contributed by atoms with Crippen LogP contribution in [-0.4, -0.2) is 23.9 Å². The quantitative estimate of drug-likeness (QED) is 0.738. The number of aryl methyl sites for hydroxylation is 2. The van der Waals surface area contributed by atoms with E-state index in [-0.39, 0.29) is 17.8 Å². The van der Waals surface area contributed by atoms with Crippen molar-refractivity contribution >= 4 is 0 Å². The van der Waals surface area contributed by atoms with E-state index in [9.17, 15) is 9.59 Å². The van der Waals surface area contributed by atoms with Gasteiger partial charge < -0.3 is 4.57 Å². The fourth-order valence-corrected chi connectivity index (χ4v) is 1.72. The minimum absolute atomic E-state index is 0.138. The maximum absolute atomic E-state index is 12.1. The SMILES string of the molecule is CCCn1ccc(=O)n(Cc2ncnn2C)c1=O. The van der Waals surface area contributed by atoms with E-state index in [2.05, 4.69) is 10.1 Å². The summed E-state index contributed by atoms with van der Waals surface area (Å²) in [7, 11) is 1.72. The number of aromatic nitrogens is 5. The number of hydrogen-bond donors (Lipinski definition) is 0. The van der Waals surface area contributed by atoms with Crippen molar-refractivity contribution in [2.45, 2.75) is 26.4 Å². The second-order valence-electron chi connectivity index (χ2n) is 4.02. The van der Waals surface area contributed by atoms with Crippen LogP contribution >= 0.6 is 0 Å². The highest BCUT2D eigenvalue weighted by Gasteiger charge is 2.08. The Morgan fingerprint density at radius 3 is 2.72 bits per heavy atom. The van der Waals surface area contributed by atoms with Crippen LogP contribution in [0.5, 0.6) is 0 Å². The normalized spacial score (nSPS) is 10.8. The zero-order valence-electron chi connectivity index (χ0n) is 10.4. The first-order valence-corrected chi connectivity index (χ1v) is 5.76. The molecule has 0 fully saturated rings. The van der Waals surface area contributed by atoms with Crippen LogP contribution in [0, 0.1) is 0 Å². The average Bonchev–Trinajstić information content (AvgIpc) is 2.74. The van der Waals surface area contributed by atoms with Gasteiger partial charge in [-0.25, -0.2) is 9.78 Å². The average molecular weight is 249 g/mol. The van der Waals surface area contributed by atoms with Gasteiger partial charge in [-0.15, -0.1) is 0 Å². The van der Waals surface area contributed by atoms with Gasteiger partial charge in [0.05, 0.1) is 6.54 Å². The van der Waals surface area contributed by atoms with Crippen LogP contribution in [0.3, 0.4) is 0 Å². The van der Waals surface area contributed by atoms with Crippen LogP contribution in [0.1, 0.15) is 19.2 Å². The van der Waals surface area contributed by atoms with Crippen molar-refractivity contribution in [3.05, 3.63) is 45.3 Å². The van der Waals surface area contributed by atoms with Crippen molar-refractivity contribution in [2.24, 2.45) is 7.05 Å². The molecule has 0 bridgehead atoms. The highest BCUT2D eigenvalue weighted by atomic mass is 16.2. The lowest BCUT2D eigenvalue weighted by Gasteiger charge is -2.08. The highest BCUT2D eigenvalue weighted by Crippen LogP contribution is 1.92. The smallest absolute Gasteiger partial charge is 0.300 e. The third kappa shape index (κ3) is 2.24. The molecule has 2 rings (SSSR count). The molecular formula is C11H15N5O2. The lowest BCUT2D eigenvalue weighted by atomic mass is 10.4. The topological polar surface area (TPSA) is 74.7 Å². The van der Waals surface area contributed by atoms with E-state index in [0.29, 0.717) is 12.4 Å². The van der Waals surface area contributed by atoms with E-state index in [1.807, 2.05) is 6.92 Å². The second-order valence-corrected chi connectivity index (χ2v) is 4.02. The van der Waals surface area contributed by atoms with Gasteiger partial charge in [-0.2, -0.15) is 5.10 Å². The molecule has 0 spiro atoms. The first kappa shape index (κ1) is 12.3. The molecule has 2 heterocycles. The largest absolute Gasteiger partial charge is 0.331 e. The summed E-state index contributed by atoms with van der Waals surface area (Å²) in [6, 6.07) is 1.40. The van der Waals surface area contributed by atoms with Crippen molar-refractivity contribution in [3.8, 4) is 0 Å². The van der Waals surface area contributed by atoms with Crippen molar-refractivity contribution < 1.29 is 0 Å². The summed E-state index contributed by atoms with van der Waals surface area (Å²) >= 11 is 0. The molecule has 0 saturated carbocycles. The van der Waals surface area contributed by atoms with Crippen LogP contribution in [0.25, 0.3) is 0 Å². The predicted molar refractivity (Wildman–Crippen MR) is 65.4 cm³/mol. The van der Waals surface area contributed by atoms with Gasteiger partial charge in [0.25, 0.3) is 5.56 Å². The first-order valence-electron chi connectivity index (χ1n) is 5.76. The molecule has 0 aliphatic rings. The fraction of sp³-hybridized carbons (Fsp3) is 0.455. The summed E-state index contributed by atoms with van der Waals surface area (Å²) in [5.41, 5.74) is -0.636. The Balaban J connectivity index is 2.44. The summed E-state index contributed by atoms with van der Waals surface area (Å²) in [5, 5.41) is 3.91. The van der Waals surface area contributed by atoms with Crippen molar-refractivity contribution in [1.82, 2.24) is 23.9 Å². The molecule has 0 atom stereocenters.